The number of nitrogens with zero attached hydrogens (tertiary/aromatic N) is 1. The molecule has 0 bridgehead atoms. The number of rotatable bonds is 3. The first-order valence-electron chi connectivity index (χ1n) is 6.16. The maximum absolute atomic E-state index is 11.0. The summed E-state index contributed by atoms with van der Waals surface area (Å²) in [5, 5.41) is 0. The van der Waals surface area contributed by atoms with Gasteiger partial charge in [0, 0.05) is 18.8 Å². The molecule has 0 spiro atoms. The molecule has 84 valence electrons. The van der Waals surface area contributed by atoms with Gasteiger partial charge in [0.2, 0.25) is 0 Å². The summed E-state index contributed by atoms with van der Waals surface area (Å²) in [6.07, 6.45) is 5.79. The van der Waals surface area contributed by atoms with Crippen LogP contribution in [0, 0.1) is 0 Å². The first kappa shape index (κ1) is 9.88. The molecule has 3 rings (SSSR count). The molecule has 0 atom stereocenters. The van der Waals surface area contributed by atoms with Crippen LogP contribution in [0.5, 0.6) is 0 Å². The number of carbonyl (C=O) groups excluding carboxylic acids is 1. The molecule has 1 aromatic rings. The fraction of sp³-hybridized carbons (Fsp3) is 0.500. The maximum Gasteiger partial charge on any atom is 0.130 e. The quantitative estimate of drug-likeness (QED) is 0.722. The summed E-state index contributed by atoms with van der Waals surface area (Å²) in [7, 11) is 0. The molecule has 0 amide bonds. The minimum atomic E-state index is -0.121. The molecule has 0 N–H and O–H groups in total. The standard InChI is InChI=1S/C14H17NO/c16-11-14(7-8-14)12-3-5-13(6-4-12)15-9-1-2-10-15/h3-6,11H,1-2,7-10H2. The predicted molar refractivity (Wildman–Crippen MR) is 64.9 cm³/mol. The van der Waals surface area contributed by atoms with E-state index >= 15 is 0 Å². The number of hydrogen-bond donors (Lipinski definition) is 0. The van der Waals surface area contributed by atoms with Crippen molar-refractivity contribution in [3.05, 3.63) is 29.8 Å². The topological polar surface area (TPSA) is 20.3 Å². The van der Waals surface area contributed by atoms with Crippen LogP contribution < -0.4 is 4.90 Å². The molecule has 1 saturated heterocycles. The molecule has 1 heterocycles. The summed E-state index contributed by atoms with van der Waals surface area (Å²) < 4.78 is 0. The van der Waals surface area contributed by atoms with E-state index in [1.165, 1.54) is 37.2 Å². The van der Waals surface area contributed by atoms with Crippen LogP contribution >= 0.6 is 0 Å². The van der Waals surface area contributed by atoms with Crippen molar-refractivity contribution in [2.45, 2.75) is 31.1 Å². The number of anilines is 1. The molecule has 2 heteroatoms. The lowest BCUT2D eigenvalue weighted by Crippen LogP contribution is -2.17. The van der Waals surface area contributed by atoms with Crippen LogP contribution in [0.3, 0.4) is 0 Å². The normalized spacial score (nSPS) is 22.1. The van der Waals surface area contributed by atoms with E-state index in [9.17, 15) is 4.79 Å². The summed E-state index contributed by atoms with van der Waals surface area (Å²) in [4.78, 5) is 13.4. The zero-order chi connectivity index (χ0) is 11.0. The minimum Gasteiger partial charge on any atom is -0.372 e. The van der Waals surface area contributed by atoms with Crippen molar-refractivity contribution in [3.63, 3.8) is 0 Å². The van der Waals surface area contributed by atoms with Crippen molar-refractivity contribution in [2.24, 2.45) is 0 Å². The highest BCUT2D eigenvalue weighted by Gasteiger charge is 2.44. The van der Waals surface area contributed by atoms with Gasteiger partial charge in [-0.05, 0) is 43.4 Å². The number of aldehydes is 1. The largest absolute Gasteiger partial charge is 0.372 e. The molecular formula is C14H17NO. The summed E-state index contributed by atoms with van der Waals surface area (Å²) in [5.41, 5.74) is 2.39. The molecule has 1 aliphatic heterocycles. The van der Waals surface area contributed by atoms with E-state index in [1.54, 1.807) is 0 Å². The van der Waals surface area contributed by atoms with Crippen LogP contribution in [-0.4, -0.2) is 19.4 Å². The SMILES string of the molecule is O=CC1(c2ccc(N3CCCC3)cc2)CC1. The lowest BCUT2D eigenvalue weighted by Gasteiger charge is -2.18. The van der Waals surface area contributed by atoms with E-state index in [2.05, 4.69) is 29.2 Å². The highest BCUT2D eigenvalue weighted by Crippen LogP contribution is 2.46. The van der Waals surface area contributed by atoms with Crippen molar-refractivity contribution in [3.8, 4) is 0 Å². The zero-order valence-electron chi connectivity index (χ0n) is 9.48. The van der Waals surface area contributed by atoms with Gasteiger partial charge in [-0.3, -0.25) is 0 Å². The van der Waals surface area contributed by atoms with Gasteiger partial charge in [0.1, 0.15) is 6.29 Å². The van der Waals surface area contributed by atoms with Gasteiger partial charge < -0.3 is 9.69 Å². The Bertz CT molecular complexity index is 386. The molecule has 1 saturated carbocycles. The smallest absolute Gasteiger partial charge is 0.130 e. The number of benzene rings is 1. The Balaban J connectivity index is 1.82. The Morgan fingerprint density at radius 2 is 1.69 bits per heavy atom. The minimum absolute atomic E-state index is 0.121. The average molecular weight is 215 g/mol. The van der Waals surface area contributed by atoms with Crippen LogP contribution in [0.2, 0.25) is 0 Å². The summed E-state index contributed by atoms with van der Waals surface area (Å²) in [5.74, 6) is 0. The van der Waals surface area contributed by atoms with Crippen LogP contribution in [0.25, 0.3) is 0 Å². The first-order chi connectivity index (χ1) is 7.84. The fourth-order valence-electron chi connectivity index (χ4n) is 2.59. The fourth-order valence-corrected chi connectivity index (χ4v) is 2.59. The van der Waals surface area contributed by atoms with Gasteiger partial charge in [-0.2, -0.15) is 0 Å². The average Bonchev–Trinajstić information content (AvgIpc) is 2.96. The molecule has 0 unspecified atom stereocenters. The highest BCUT2D eigenvalue weighted by molar-refractivity contribution is 5.73. The van der Waals surface area contributed by atoms with E-state index in [0.29, 0.717) is 0 Å². The monoisotopic (exact) mass is 215 g/mol. The summed E-state index contributed by atoms with van der Waals surface area (Å²) >= 11 is 0. The van der Waals surface area contributed by atoms with Gasteiger partial charge in [-0.1, -0.05) is 12.1 Å². The van der Waals surface area contributed by atoms with Crippen molar-refractivity contribution in [2.75, 3.05) is 18.0 Å². The van der Waals surface area contributed by atoms with Crippen molar-refractivity contribution in [1.82, 2.24) is 0 Å². The zero-order valence-corrected chi connectivity index (χ0v) is 9.48. The second kappa shape index (κ2) is 3.62. The molecule has 0 radical (unpaired) electrons. The van der Waals surface area contributed by atoms with E-state index in [1.807, 2.05) is 0 Å². The molecule has 16 heavy (non-hydrogen) atoms. The maximum atomic E-state index is 11.0. The van der Waals surface area contributed by atoms with Gasteiger partial charge >= 0.3 is 0 Å². The lowest BCUT2D eigenvalue weighted by atomic mass is 9.97. The first-order valence-corrected chi connectivity index (χ1v) is 6.16. The molecule has 1 aliphatic carbocycles. The number of carbonyl (C=O) groups is 1. The van der Waals surface area contributed by atoms with E-state index in [-0.39, 0.29) is 5.41 Å². The predicted octanol–water partition coefficient (Wildman–Crippen LogP) is 2.52. The second-order valence-corrected chi connectivity index (χ2v) is 5.02. The van der Waals surface area contributed by atoms with Gasteiger partial charge in [-0.15, -0.1) is 0 Å². The van der Waals surface area contributed by atoms with Crippen LogP contribution in [-0.2, 0) is 10.2 Å². The third-order valence-corrected chi connectivity index (χ3v) is 3.93. The van der Waals surface area contributed by atoms with Crippen LogP contribution in [0.1, 0.15) is 31.2 Å². The third-order valence-electron chi connectivity index (χ3n) is 3.93. The van der Waals surface area contributed by atoms with Gasteiger partial charge in [-0.25, -0.2) is 0 Å². The highest BCUT2D eigenvalue weighted by atomic mass is 16.1. The number of hydrogen-bond acceptors (Lipinski definition) is 2. The Labute approximate surface area is 96.3 Å². The summed E-state index contributed by atoms with van der Waals surface area (Å²) in [6.45, 7) is 2.36. The van der Waals surface area contributed by atoms with Gasteiger partial charge in [0.25, 0.3) is 0 Å². The molecule has 2 fully saturated rings. The Morgan fingerprint density at radius 3 is 2.19 bits per heavy atom. The molecular weight excluding hydrogens is 198 g/mol. The Morgan fingerprint density at radius 1 is 1.06 bits per heavy atom. The third kappa shape index (κ3) is 1.53. The molecule has 0 aromatic heterocycles. The van der Waals surface area contributed by atoms with Crippen molar-refractivity contribution in [1.29, 1.82) is 0 Å². The Kier molecular flexibility index (Phi) is 2.23. The lowest BCUT2D eigenvalue weighted by molar-refractivity contribution is -0.109. The summed E-state index contributed by atoms with van der Waals surface area (Å²) in [6, 6.07) is 8.61. The molecule has 1 aromatic carbocycles. The Hall–Kier alpha value is -1.31. The van der Waals surface area contributed by atoms with Crippen molar-refractivity contribution < 1.29 is 4.79 Å². The van der Waals surface area contributed by atoms with E-state index in [4.69, 9.17) is 0 Å². The van der Waals surface area contributed by atoms with Gasteiger partial charge in [0.05, 0.1) is 5.41 Å². The molecule has 2 nitrogen and oxygen atoms in total. The van der Waals surface area contributed by atoms with Crippen LogP contribution in [0.15, 0.2) is 24.3 Å². The van der Waals surface area contributed by atoms with Crippen LogP contribution in [0.4, 0.5) is 5.69 Å². The van der Waals surface area contributed by atoms with Gasteiger partial charge in [0.15, 0.2) is 0 Å². The van der Waals surface area contributed by atoms with E-state index < -0.39 is 0 Å². The van der Waals surface area contributed by atoms with E-state index in [0.717, 1.165) is 19.1 Å². The second-order valence-electron chi connectivity index (χ2n) is 5.02. The molecule has 2 aliphatic rings. The van der Waals surface area contributed by atoms with Crippen molar-refractivity contribution >= 4 is 12.0 Å².